The van der Waals surface area contributed by atoms with Crippen LogP contribution in [0.15, 0.2) is 27.9 Å². The third-order valence-corrected chi connectivity index (χ3v) is 5.61. The molecule has 1 aromatic rings. The van der Waals surface area contributed by atoms with Gasteiger partial charge in [-0.1, -0.05) is 6.08 Å². The summed E-state index contributed by atoms with van der Waals surface area (Å²) in [6.45, 7) is 6.28. The van der Waals surface area contributed by atoms with Crippen molar-refractivity contribution in [3.8, 4) is 0 Å². The van der Waals surface area contributed by atoms with E-state index >= 15 is 0 Å². The van der Waals surface area contributed by atoms with E-state index in [-0.39, 0.29) is 30.6 Å². The quantitative estimate of drug-likeness (QED) is 0.460. The second-order valence-corrected chi connectivity index (χ2v) is 9.14. The first-order chi connectivity index (χ1) is 14.1. The van der Waals surface area contributed by atoms with E-state index in [1.807, 2.05) is 20.1 Å². The van der Waals surface area contributed by atoms with Gasteiger partial charge in [-0.05, 0) is 33.1 Å². The minimum Gasteiger partial charge on any atom is -0.372 e. The lowest BCUT2D eigenvalue weighted by atomic mass is 9.90. The number of nitrogens with one attached hydrogen (secondary N) is 2. The Morgan fingerprint density at radius 3 is 2.90 bits per heavy atom. The van der Waals surface area contributed by atoms with Crippen LogP contribution in [-0.2, 0) is 19.0 Å². The molecule has 1 unspecified atom stereocenters. The molecule has 10 heteroatoms. The molecule has 0 spiro atoms. The number of carbonyl (C=O) groups is 1. The van der Waals surface area contributed by atoms with E-state index in [9.17, 15) is 14.4 Å². The molecule has 0 radical (unpaired) electrons. The summed E-state index contributed by atoms with van der Waals surface area (Å²) in [6, 6.07) is 0. The van der Waals surface area contributed by atoms with Crippen LogP contribution in [-0.4, -0.2) is 58.1 Å². The highest BCUT2D eigenvalue weighted by atomic mass is 32.2. The fourth-order valence-corrected chi connectivity index (χ4v) is 4.18. The SMILES string of the molecule is CSCO[C@]1(C)COC(C)(CC(=O)NC[C@@H]2C=C[C@H](n3cc(C)c(=O)[nH]c3=O)O2)C1. The highest BCUT2D eigenvalue weighted by Crippen LogP contribution is 2.37. The van der Waals surface area contributed by atoms with E-state index < -0.39 is 23.1 Å². The number of aryl methyl sites for hydroxylation is 1. The van der Waals surface area contributed by atoms with Gasteiger partial charge in [-0.3, -0.25) is 19.1 Å². The van der Waals surface area contributed by atoms with Crippen molar-refractivity contribution < 1.29 is 19.0 Å². The van der Waals surface area contributed by atoms with E-state index in [0.29, 0.717) is 24.5 Å². The van der Waals surface area contributed by atoms with Crippen LogP contribution >= 0.6 is 11.8 Å². The molecule has 0 aliphatic carbocycles. The van der Waals surface area contributed by atoms with Gasteiger partial charge in [-0.15, -0.1) is 11.8 Å². The van der Waals surface area contributed by atoms with Crippen molar-refractivity contribution in [2.24, 2.45) is 0 Å². The minimum atomic E-state index is -0.625. The topological polar surface area (TPSA) is 112 Å². The molecular weight excluding hydrogens is 410 g/mol. The zero-order valence-electron chi connectivity index (χ0n) is 17.7. The van der Waals surface area contributed by atoms with E-state index in [2.05, 4.69) is 10.3 Å². The summed E-state index contributed by atoms with van der Waals surface area (Å²) >= 11 is 1.61. The van der Waals surface area contributed by atoms with Gasteiger partial charge in [0.25, 0.3) is 5.56 Å². The molecule has 1 aromatic heterocycles. The molecule has 30 heavy (non-hydrogen) atoms. The summed E-state index contributed by atoms with van der Waals surface area (Å²) in [5.74, 6) is 0.455. The Balaban J connectivity index is 1.48. The van der Waals surface area contributed by atoms with Crippen molar-refractivity contribution in [2.75, 3.05) is 25.3 Å². The molecule has 3 heterocycles. The molecule has 0 aromatic carbocycles. The molecular formula is C20H29N3O6S. The van der Waals surface area contributed by atoms with Gasteiger partial charge in [0.1, 0.15) is 0 Å². The summed E-state index contributed by atoms with van der Waals surface area (Å²) in [5.41, 5.74) is -1.50. The predicted octanol–water partition coefficient (Wildman–Crippen LogP) is 1.08. The van der Waals surface area contributed by atoms with E-state index in [4.69, 9.17) is 14.2 Å². The van der Waals surface area contributed by atoms with Gasteiger partial charge in [0.15, 0.2) is 6.23 Å². The Hall–Kier alpha value is -1.88. The van der Waals surface area contributed by atoms with Gasteiger partial charge in [0.2, 0.25) is 5.91 Å². The largest absolute Gasteiger partial charge is 0.372 e. The normalized spacial score (nSPS) is 30.7. The predicted molar refractivity (Wildman–Crippen MR) is 114 cm³/mol. The number of rotatable bonds is 8. The van der Waals surface area contributed by atoms with Gasteiger partial charge >= 0.3 is 5.69 Å². The highest BCUT2D eigenvalue weighted by Gasteiger charge is 2.45. The first kappa shape index (κ1) is 22.8. The fourth-order valence-electron chi connectivity index (χ4n) is 3.78. The minimum absolute atomic E-state index is 0.135. The van der Waals surface area contributed by atoms with Crippen molar-refractivity contribution in [3.63, 3.8) is 0 Å². The van der Waals surface area contributed by atoms with Crippen molar-refractivity contribution in [1.29, 1.82) is 0 Å². The van der Waals surface area contributed by atoms with E-state index in [1.54, 1.807) is 30.8 Å². The second-order valence-electron chi connectivity index (χ2n) is 8.33. The first-order valence-electron chi connectivity index (χ1n) is 9.82. The summed E-state index contributed by atoms with van der Waals surface area (Å²) in [4.78, 5) is 38.2. The average Bonchev–Trinajstić information content (AvgIpc) is 3.26. The van der Waals surface area contributed by atoms with Gasteiger partial charge in [0.05, 0.1) is 36.3 Å². The van der Waals surface area contributed by atoms with Crippen LogP contribution < -0.4 is 16.6 Å². The molecule has 2 aliphatic rings. The van der Waals surface area contributed by atoms with E-state index in [1.165, 1.54) is 10.8 Å². The number of ether oxygens (including phenoxy) is 3. The van der Waals surface area contributed by atoms with Crippen molar-refractivity contribution in [3.05, 3.63) is 44.8 Å². The lowest BCUT2D eigenvalue weighted by Gasteiger charge is -2.26. The number of carbonyl (C=O) groups excluding carboxylic acids is 1. The number of thioether (sulfide) groups is 1. The fraction of sp³-hybridized carbons (Fsp3) is 0.650. The number of aromatic amines is 1. The van der Waals surface area contributed by atoms with Gasteiger partial charge in [0, 0.05) is 24.7 Å². The van der Waals surface area contributed by atoms with Crippen LogP contribution in [0.25, 0.3) is 0 Å². The molecule has 2 aliphatic heterocycles. The maximum Gasteiger partial charge on any atom is 0.330 e. The molecule has 3 rings (SSSR count). The van der Waals surface area contributed by atoms with Crippen LogP contribution in [0.5, 0.6) is 0 Å². The molecule has 0 saturated carbocycles. The van der Waals surface area contributed by atoms with Crippen LogP contribution in [0.3, 0.4) is 0 Å². The monoisotopic (exact) mass is 439 g/mol. The Labute approximate surface area is 179 Å². The lowest BCUT2D eigenvalue weighted by molar-refractivity contribution is -0.126. The number of hydrogen-bond acceptors (Lipinski definition) is 7. The maximum atomic E-state index is 12.5. The molecule has 1 saturated heterocycles. The van der Waals surface area contributed by atoms with Crippen molar-refractivity contribution in [2.45, 2.75) is 57.1 Å². The molecule has 1 fully saturated rings. The van der Waals surface area contributed by atoms with Crippen LogP contribution in [0.2, 0.25) is 0 Å². The first-order valence-corrected chi connectivity index (χ1v) is 11.2. The molecule has 4 atom stereocenters. The molecule has 2 N–H and O–H groups in total. The maximum absolute atomic E-state index is 12.5. The van der Waals surface area contributed by atoms with Crippen molar-refractivity contribution in [1.82, 2.24) is 14.9 Å². The number of H-pyrrole nitrogens is 1. The summed E-state index contributed by atoms with van der Waals surface area (Å²) in [7, 11) is 0. The summed E-state index contributed by atoms with van der Waals surface area (Å²) in [5, 5.41) is 2.87. The Kier molecular flexibility index (Phi) is 6.91. The number of nitrogens with zero attached hydrogens (tertiary/aromatic N) is 1. The number of amides is 1. The Morgan fingerprint density at radius 2 is 2.17 bits per heavy atom. The number of hydrogen-bond donors (Lipinski definition) is 2. The number of aromatic nitrogens is 2. The van der Waals surface area contributed by atoms with Crippen LogP contribution in [0.4, 0.5) is 0 Å². The third-order valence-electron chi connectivity index (χ3n) is 5.26. The third kappa shape index (κ3) is 5.42. The zero-order valence-corrected chi connectivity index (χ0v) is 18.5. The van der Waals surface area contributed by atoms with E-state index in [0.717, 1.165) is 0 Å². The van der Waals surface area contributed by atoms with Gasteiger partial charge in [-0.25, -0.2) is 4.79 Å². The highest BCUT2D eigenvalue weighted by molar-refractivity contribution is 7.98. The standard InChI is InChI=1S/C20H29N3O6S/c1-13-9-23(18(26)22-17(13)25)16-6-5-14(29-16)8-21-15(24)7-19(2)10-20(3,11-27-19)28-12-30-4/h5-6,9,14,16H,7-8,10-12H2,1-4H3,(H,21,24)(H,22,25,26)/t14-,16+,19?,20-/m0/s1. The van der Waals surface area contributed by atoms with Gasteiger partial charge < -0.3 is 19.5 Å². The molecule has 0 bridgehead atoms. The molecule has 1 amide bonds. The second kappa shape index (κ2) is 9.09. The van der Waals surface area contributed by atoms with Gasteiger partial charge in [-0.2, -0.15) is 0 Å². The summed E-state index contributed by atoms with van der Waals surface area (Å²) in [6.07, 6.45) is 6.83. The zero-order chi connectivity index (χ0) is 21.9. The molecule has 9 nitrogen and oxygen atoms in total. The lowest BCUT2D eigenvalue weighted by Crippen LogP contribution is -2.39. The molecule has 166 valence electrons. The smallest absolute Gasteiger partial charge is 0.330 e. The Bertz CT molecular complexity index is 928. The average molecular weight is 440 g/mol. The summed E-state index contributed by atoms with van der Waals surface area (Å²) < 4.78 is 18.9. The Morgan fingerprint density at radius 1 is 1.40 bits per heavy atom. The van der Waals surface area contributed by atoms with Crippen LogP contribution in [0.1, 0.15) is 38.5 Å². The van der Waals surface area contributed by atoms with Crippen LogP contribution in [0, 0.1) is 6.92 Å². The van der Waals surface area contributed by atoms with Crippen molar-refractivity contribution >= 4 is 17.7 Å².